The highest BCUT2D eigenvalue weighted by Gasteiger charge is 2.32. The van der Waals surface area contributed by atoms with Crippen LogP contribution >= 0.6 is 0 Å². The Morgan fingerprint density at radius 1 is 1.53 bits per heavy atom. The molecule has 1 aromatic carbocycles. The second-order valence-corrected chi connectivity index (χ2v) is 4.16. The summed E-state index contributed by atoms with van der Waals surface area (Å²) < 4.78 is 13.2. The Labute approximate surface area is 88.5 Å². The summed E-state index contributed by atoms with van der Waals surface area (Å²) in [5, 5.41) is 2.75. The molecule has 2 nitrogen and oxygen atoms in total. The van der Waals surface area contributed by atoms with Crippen LogP contribution in [0.4, 0.5) is 4.39 Å². The molecule has 0 aromatic heterocycles. The molecule has 1 amide bonds. The van der Waals surface area contributed by atoms with Gasteiger partial charge in [-0.15, -0.1) is 0 Å². The lowest BCUT2D eigenvalue weighted by atomic mass is 10.2. The molecule has 0 saturated heterocycles. The first-order chi connectivity index (χ1) is 7.18. The molecule has 0 radical (unpaired) electrons. The summed E-state index contributed by atoms with van der Waals surface area (Å²) in [7, 11) is 0. The number of halogens is 1. The fourth-order valence-electron chi connectivity index (χ4n) is 1.65. The average Bonchev–Trinajstić information content (AvgIpc) is 2.92. The third kappa shape index (κ3) is 2.35. The van der Waals surface area contributed by atoms with Gasteiger partial charge in [0.25, 0.3) is 5.91 Å². The molecule has 2 atom stereocenters. The van der Waals surface area contributed by atoms with Gasteiger partial charge in [-0.2, -0.15) is 0 Å². The van der Waals surface area contributed by atoms with Crippen molar-refractivity contribution in [2.75, 3.05) is 6.54 Å². The van der Waals surface area contributed by atoms with Crippen LogP contribution < -0.4 is 5.32 Å². The molecule has 1 aliphatic rings. The predicted molar refractivity (Wildman–Crippen MR) is 56.0 cm³/mol. The van der Waals surface area contributed by atoms with Crippen molar-refractivity contribution in [2.45, 2.75) is 13.3 Å². The third-order valence-corrected chi connectivity index (χ3v) is 2.92. The molecular formula is C12H14FNO. The summed E-state index contributed by atoms with van der Waals surface area (Å²) in [4.78, 5) is 11.6. The van der Waals surface area contributed by atoms with Crippen molar-refractivity contribution in [1.29, 1.82) is 0 Å². The Kier molecular flexibility index (Phi) is 2.71. The summed E-state index contributed by atoms with van der Waals surface area (Å²) in [6, 6.07) is 6.04. The van der Waals surface area contributed by atoms with Gasteiger partial charge < -0.3 is 5.32 Å². The van der Waals surface area contributed by atoms with Crippen molar-refractivity contribution in [2.24, 2.45) is 11.8 Å². The quantitative estimate of drug-likeness (QED) is 0.809. The average molecular weight is 207 g/mol. The summed E-state index contributed by atoms with van der Waals surface area (Å²) in [5.74, 6) is 0.512. The molecule has 1 saturated carbocycles. The van der Waals surface area contributed by atoms with Crippen LogP contribution in [0, 0.1) is 17.7 Å². The van der Waals surface area contributed by atoms with Gasteiger partial charge in [0, 0.05) is 6.54 Å². The van der Waals surface area contributed by atoms with Gasteiger partial charge in [0.1, 0.15) is 5.82 Å². The Hall–Kier alpha value is -1.38. The lowest BCUT2D eigenvalue weighted by molar-refractivity contribution is 0.0947. The predicted octanol–water partition coefficient (Wildman–Crippen LogP) is 2.21. The van der Waals surface area contributed by atoms with Crippen LogP contribution in [0.5, 0.6) is 0 Å². The molecular weight excluding hydrogens is 193 g/mol. The van der Waals surface area contributed by atoms with Crippen molar-refractivity contribution < 1.29 is 9.18 Å². The van der Waals surface area contributed by atoms with E-state index >= 15 is 0 Å². The monoisotopic (exact) mass is 207 g/mol. The zero-order valence-electron chi connectivity index (χ0n) is 8.66. The van der Waals surface area contributed by atoms with Gasteiger partial charge in [0.05, 0.1) is 5.56 Å². The van der Waals surface area contributed by atoms with E-state index in [4.69, 9.17) is 0 Å². The number of carbonyl (C=O) groups excluding carboxylic acids is 1. The minimum Gasteiger partial charge on any atom is -0.352 e. The van der Waals surface area contributed by atoms with E-state index < -0.39 is 5.82 Å². The number of hydrogen-bond donors (Lipinski definition) is 1. The van der Waals surface area contributed by atoms with E-state index in [2.05, 4.69) is 12.2 Å². The Balaban J connectivity index is 1.93. The third-order valence-electron chi connectivity index (χ3n) is 2.92. The molecule has 1 N–H and O–H groups in total. The maximum absolute atomic E-state index is 13.2. The van der Waals surface area contributed by atoms with E-state index in [1.807, 2.05) is 0 Å². The highest BCUT2D eigenvalue weighted by Crippen LogP contribution is 2.36. The Morgan fingerprint density at radius 2 is 2.20 bits per heavy atom. The first kappa shape index (κ1) is 10.1. The molecule has 0 spiro atoms. The summed E-state index contributed by atoms with van der Waals surface area (Å²) in [6.45, 7) is 2.81. The van der Waals surface area contributed by atoms with Crippen LogP contribution in [0.15, 0.2) is 24.3 Å². The first-order valence-electron chi connectivity index (χ1n) is 5.21. The number of benzene rings is 1. The van der Waals surface area contributed by atoms with Gasteiger partial charge in [0.2, 0.25) is 0 Å². The van der Waals surface area contributed by atoms with E-state index in [0.29, 0.717) is 18.4 Å². The molecule has 1 fully saturated rings. The maximum Gasteiger partial charge on any atom is 0.254 e. The standard InChI is InChI=1S/C12H14FNO/c1-8-6-9(8)7-14-12(15)10-4-2-3-5-11(10)13/h2-5,8-9H,6-7H2,1H3,(H,14,15). The molecule has 1 aromatic rings. The van der Waals surface area contributed by atoms with Gasteiger partial charge in [-0.3, -0.25) is 4.79 Å². The maximum atomic E-state index is 13.2. The van der Waals surface area contributed by atoms with E-state index in [0.717, 1.165) is 6.42 Å². The van der Waals surface area contributed by atoms with Gasteiger partial charge in [0.15, 0.2) is 0 Å². The summed E-state index contributed by atoms with van der Waals surface area (Å²) >= 11 is 0. The molecule has 15 heavy (non-hydrogen) atoms. The fraction of sp³-hybridized carbons (Fsp3) is 0.417. The van der Waals surface area contributed by atoms with Gasteiger partial charge >= 0.3 is 0 Å². The van der Waals surface area contributed by atoms with Crippen LogP contribution in [0.1, 0.15) is 23.7 Å². The lowest BCUT2D eigenvalue weighted by Crippen LogP contribution is -2.26. The Morgan fingerprint density at radius 3 is 2.80 bits per heavy atom. The molecule has 80 valence electrons. The van der Waals surface area contributed by atoms with Crippen molar-refractivity contribution in [3.05, 3.63) is 35.6 Å². The minimum atomic E-state index is -0.459. The number of nitrogens with one attached hydrogen (secondary N) is 1. The number of rotatable bonds is 3. The van der Waals surface area contributed by atoms with E-state index in [9.17, 15) is 9.18 Å². The normalized spacial score (nSPS) is 23.6. The van der Waals surface area contributed by atoms with E-state index in [1.54, 1.807) is 12.1 Å². The minimum absolute atomic E-state index is 0.130. The molecule has 2 unspecified atom stereocenters. The summed E-state index contributed by atoms with van der Waals surface area (Å²) in [6.07, 6.45) is 1.16. The van der Waals surface area contributed by atoms with Crippen LogP contribution in [0.25, 0.3) is 0 Å². The second kappa shape index (κ2) is 4.01. The molecule has 1 aliphatic carbocycles. The molecule has 0 aliphatic heterocycles. The highest BCUT2D eigenvalue weighted by atomic mass is 19.1. The molecule has 3 heteroatoms. The van der Waals surface area contributed by atoms with Crippen LogP contribution in [0.3, 0.4) is 0 Å². The number of amides is 1. The highest BCUT2D eigenvalue weighted by molar-refractivity contribution is 5.94. The SMILES string of the molecule is CC1CC1CNC(=O)c1ccccc1F. The molecule has 2 rings (SSSR count). The van der Waals surface area contributed by atoms with Crippen molar-refractivity contribution >= 4 is 5.91 Å². The first-order valence-corrected chi connectivity index (χ1v) is 5.21. The molecule has 0 heterocycles. The number of hydrogen-bond acceptors (Lipinski definition) is 1. The van der Waals surface area contributed by atoms with Crippen LogP contribution in [-0.4, -0.2) is 12.5 Å². The van der Waals surface area contributed by atoms with Crippen molar-refractivity contribution in [3.63, 3.8) is 0 Å². The van der Waals surface area contributed by atoms with E-state index in [1.165, 1.54) is 12.1 Å². The van der Waals surface area contributed by atoms with Crippen LogP contribution in [-0.2, 0) is 0 Å². The second-order valence-electron chi connectivity index (χ2n) is 4.16. The van der Waals surface area contributed by atoms with Crippen molar-refractivity contribution in [1.82, 2.24) is 5.32 Å². The molecule has 0 bridgehead atoms. The van der Waals surface area contributed by atoms with Gasteiger partial charge in [-0.05, 0) is 30.4 Å². The largest absolute Gasteiger partial charge is 0.352 e. The topological polar surface area (TPSA) is 29.1 Å². The Bertz CT molecular complexity index is 378. The van der Waals surface area contributed by atoms with Gasteiger partial charge in [-0.1, -0.05) is 19.1 Å². The van der Waals surface area contributed by atoms with Crippen molar-refractivity contribution in [3.8, 4) is 0 Å². The number of carbonyl (C=O) groups is 1. The van der Waals surface area contributed by atoms with Crippen LogP contribution in [0.2, 0.25) is 0 Å². The zero-order chi connectivity index (χ0) is 10.8. The van der Waals surface area contributed by atoms with E-state index in [-0.39, 0.29) is 11.5 Å². The zero-order valence-corrected chi connectivity index (χ0v) is 8.66. The van der Waals surface area contributed by atoms with Gasteiger partial charge in [-0.25, -0.2) is 4.39 Å². The fourth-order valence-corrected chi connectivity index (χ4v) is 1.65. The lowest BCUT2D eigenvalue weighted by Gasteiger charge is -2.04. The summed E-state index contributed by atoms with van der Waals surface area (Å²) in [5.41, 5.74) is 0.130. The smallest absolute Gasteiger partial charge is 0.254 e.